The summed E-state index contributed by atoms with van der Waals surface area (Å²) in [5.41, 5.74) is 1.34. The summed E-state index contributed by atoms with van der Waals surface area (Å²) >= 11 is 0. The highest BCUT2D eigenvalue weighted by atomic mass is 32.2. The Labute approximate surface area is 214 Å². The summed E-state index contributed by atoms with van der Waals surface area (Å²) in [7, 11) is -3.70. The molecule has 2 amide bonds. The number of nitrogens with one attached hydrogen (secondary N) is 1. The van der Waals surface area contributed by atoms with E-state index in [0.717, 1.165) is 32.4 Å². The minimum Gasteiger partial charge on any atom is -0.356 e. The molecule has 1 atom stereocenters. The molecule has 0 bridgehead atoms. The van der Waals surface area contributed by atoms with E-state index in [1.54, 1.807) is 30.3 Å². The van der Waals surface area contributed by atoms with Crippen LogP contribution in [0.25, 0.3) is 0 Å². The zero-order chi connectivity index (χ0) is 25.4. The van der Waals surface area contributed by atoms with Crippen molar-refractivity contribution in [1.29, 1.82) is 0 Å². The van der Waals surface area contributed by atoms with Gasteiger partial charge in [0.05, 0.1) is 4.90 Å². The standard InChI is InChI=1S/C28H37N3O4S/c32-27-16-21-31(36(34,35)26-11-5-2-6-12-26)18-7-10-25(13-17-29-27)28(33)30-19-14-24(15-20-30)22-23-8-3-1-4-9-23/h1-6,8-9,11-12,24-25H,7,10,13-22H2,(H,29,32). The third kappa shape index (κ3) is 6.95. The second-order valence-corrected chi connectivity index (χ2v) is 11.8. The van der Waals surface area contributed by atoms with Crippen LogP contribution >= 0.6 is 0 Å². The Balaban J connectivity index is 1.36. The molecule has 1 unspecified atom stereocenters. The van der Waals surface area contributed by atoms with Gasteiger partial charge in [0.25, 0.3) is 0 Å². The summed E-state index contributed by atoms with van der Waals surface area (Å²) in [6, 6.07) is 18.8. The minimum atomic E-state index is -3.70. The summed E-state index contributed by atoms with van der Waals surface area (Å²) in [5, 5.41) is 2.88. The number of carbonyl (C=O) groups excluding carboxylic acids is 2. The molecule has 2 heterocycles. The predicted molar refractivity (Wildman–Crippen MR) is 140 cm³/mol. The molecule has 2 aliphatic heterocycles. The zero-order valence-electron chi connectivity index (χ0n) is 20.8. The van der Waals surface area contributed by atoms with Crippen LogP contribution < -0.4 is 5.32 Å². The first-order chi connectivity index (χ1) is 17.4. The number of sulfonamides is 1. The van der Waals surface area contributed by atoms with E-state index in [1.165, 1.54) is 9.87 Å². The summed E-state index contributed by atoms with van der Waals surface area (Å²) in [4.78, 5) is 28.0. The highest BCUT2D eigenvalue weighted by molar-refractivity contribution is 7.89. The normalized spacial score (nSPS) is 21.4. The van der Waals surface area contributed by atoms with Crippen molar-refractivity contribution in [2.75, 3.05) is 32.7 Å². The molecule has 2 aromatic rings. The molecule has 1 N–H and O–H groups in total. The molecule has 2 aliphatic rings. The average molecular weight is 512 g/mol. The van der Waals surface area contributed by atoms with E-state index < -0.39 is 10.0 Å². The van der Waals surface area contributed by atoms with Gasteiger partial charge in [-0.2, -0.15) is 4.31 Å². The highest BCUT2D eigenvalue weighted by Gasteiger charge is 2.30. The van der Waals surface area contributed by atoms with Crippen molar-refractivity contribution in [3.8, 4) is 0 Å². The average Bonchev–Trinajstić information content (AvgIpc) is 2.94. The fraction of sp³-hybridized carbons (Fsp3) is 0.500. The van der Waals surface area contributed by atoms with Crippen molar-refractivity contribution in [1.82, 2.24) is 14.5 Å². The monoisotopic (exact) mass is 511 g/mol. The molecule has 4 rings (SSSR count). The highest BCUT2D eigenvalue weighted by Crippen LogP contribution is 2.25. The Morgan fingerprint density at radius 3 is 2.22 bits per heavy atom. The van der Waals surface area contributed by atoms with Crippen molar-refractivity contribution in [2.45, 2.75) is 49.8 Å². The first-order valence-corrected chi connectivity index (χ1v) is 14.5. The van der Waals surface area contributed by atoms with Gasteiger partial charge in [0.1, 0.15) is 0 Å². The number of piperidine rings is 1. The van der Waals surface area contributed by atoms with Crippen molar-refractivity contribution in [3.05, 3.63) is 66.2 Å². The van der Waals surface area contributed by atoms with Gasteiger partial charge < -0.3 is 10.2 Å². The molecule has 2 fully saturated rings. The third-order valence-corrected chi connectivity index (χ3v) is 9.30. The molecule has 36 heavy (non-hydrogen) atoms. The maximum absolute atomic E-state index is 13.4. The van der Waals surface area contributed by atoms with Crippen LogP contribution in [0.3, 0.4) is 0 Å². The lowest BCUT2D eigenvalue weighted by Gasteiger charge is -2.34. The van der Waals surface area contributed by atoms with Gasteiger partial charge in [-0.05, 0) is 62.1 Å². The molecule has 0 saturated carbocycles. The summed E-state index contributed by atoms with van der Waals surface area (Å²) in [5.74, 6) is 0.326. The van der Waals surface area contributed by atoms with Crippen LogP contribution in [-0.2, 0) is 26.0 Å². The molecule has 0 aromatic heterocycles. The fourth-order valence-electron chi connectivity index (χ4n) is 5.26. The molecule has 194 valence electrons. The van der Waals surface area contributed by atoms with E-state index in [2.05, 4.69) is 29.6 Å². The Morgan fingerprint density at radius 1 is 0.861 bits per heavy atom. The van der Waals surface area contributed by atoms with E-state index in [9.17, 15) is 18.0 Å². The number of hydrogen-bond donors (Lipinski definition) is 1. The number of nitrogens with zero attached hydrogens (tertiary/aromatic N) is 2. The van der Waals surface area contributed by atoms with Crippen LogP contribution in [0.1, 0.15) is 44.1 Å². The van der Waals surface area contributed by atoms with E-state index in [4.69, 9.17) is 0 Å². The number of hydrogen-bond acceptors (Lipinski definition) is 4. The first kappa shape index (κ1) is 26.4. The Kier molecular flexibility index (Phi) is 9.15. The number of rotatable bonds is 5. The molecule has 0 spiro atoms. The third-order valence-electron chi connectivity index (χ3n) is 7.39. The van der Waals surface area contributed by atoms with Crippen LogP contribution in [0.4, 0.5) is 0 Å². The molecular weight excluding hydrogens is 474 g/mol. The lowest BCUT2D eigenvalue weighted by Crippen LogP contribution is -2.43. The molecule has 7 nitrogen and oxygen atoms in total. The maximum atomic E-state index is 13.4. The van der Waals surface area contributed by atoms with Gasteiger partial charge in [0.15, 0.2) is 0 Å². The number of benzene rings is 2. The van der Waals surface area contributed by atoms with E-state index in [0.29, 0.717) is 38.3 Å². The van der Waals surface area contributed by atoms with Gasteiger partial charge in [0, 0.05) is 45.1 Å². The van der Waals surface area contributed by atoms with Crippen molar-refractivity contribution < 1.29 is 18.0 Å². The summed E-state index contributed by atoms with van der Waals surface area (Å²) in [6.45, 7) is 2.39. The Bertz CT molecular complexity index is 1100. The molecule has 8 heteroatoms. The number of amides is 2. The lowest BCUT2D eigenvalue weighted by molar-refractivity contribution is -0.137. The Morgan fingerprint density at radius 2 is 1.53 bits per heavy atom. The molecule has 2 saturated heterocycles. The number of likely N-dealkylation sites (tertiary alicyclic amines) is 1. The van der Waals surface area contributed by atoms with Crippen LogP contribution in [0.5, 0.6) is 0 Å². The Hall–Kier alpha value is -2.71. The summed E-state index contributed by atoms with van der Waals surface area (Å²) in [6.07, 6.45) is 4.92. The minimum absolute atomic E-state index is 0.111. The fourth-order valence-corrected chi connectivity index (χ4v) is 6.76. The second kappa shape index (κ2) is 12.5. The van der Waals surface area contributed by atoms with E-state index in [1.807, 2.05) is 11.0 Å². The lowest BCUT2D eigenvalue weighted by atomic mass is 9.89. The quantitative estimate of drug-likeness (QED) is 0.666. The predicted octanol–water partition coefficient (Wildman–Crippen LogP) is 3.47. The van der Waals surface area contributed by atoms with E-state index >= 15 is 0 Å². The summed E-state index contributed by atoms with van der Waals surface area (Å²) < 4.78 is 27.8. The van der Waals surface area contributed by atoms with Crippen LogP contribution in [0.15, 0.2) is 65.6 Å². The van der Waals surface area contributed by atoms with Gasteiger partial charge >= 0.3 is 0 Å². The van der Waals surface area contributed by atoms with Gasteiger partial charge in [-0.1, -0.05) is 48.5 Å². The first-order valence-electron chi connectivity index (χ1n) is 13.1. The maximum Gasteiger partial charge on any atom is 0.243 e. The van der Waals surface area contributed by atoms with Gasteiger partial charge in [0.2, 0.25) is 21.8 Å². The molecule has 0 radical (unpaired) electrons. The van der Waals surface area contributed by atoms with Crippen LogP contribution in [0.2, 0.25) is 0 Å². The van der Waals surface area contributed by atoms with Gasteiger partial charge in [-0.25, -0.2) is 8.42 Å². The molecule has 2 aromatic carbocycles. The molecule has 0 aliphatic carbocycles. The SMILES string of the molecule is O=C1CCN(S(=O)(=O)c2ccccc2)CCCC(C(=O)N2CCC(Cc3ccccc3)CC2)CCN1. The topological polar surface area (TPSA) is 86.8 Å². The van der Waals surface area contributed by atoms with Crippen LogP contribution in [-0.4, -0.2) is 62.2 Å². The van der Waals surface area contributed by atoms with Crippen LogP contribution in [0, 0.1) is 11.8 Å². The van der Waals surface area contributed by atoms with Crippen molar-refractivity contribution in [2.24, 2.45) is 11.8 Å². The van der Waals surface area contributed by atoms with E-state index in [-0.39, 0.29) is 35.6 Å². The largest absolute Gasteiger partial charge is 0.356 e. The van der Waals surface area contributed by atoms with Gasteiger partial charge in [-0.3, -0.25) is 9.59 Å². The number of carbonyl (C=O) groups is 2. The zero-order valence-corrected chi connectivity index (χ0v) is 21.7. The van der Waals surface area contributed by atoms with Crippen molar-refractivity contribution in [3.63, 3.8) is 0 Å². The smallest absolute Gasteiger partial charge is 0.243 e. The second-order valence-electron chi connectivity index (χ2n) is 9.90. The molecular formula is C28H37N3O4S. The van der Waals surface area contributed by atoms with Gasteiger partial charge in [-0.15, -0.1) is 0 Å². The van der Waals surface area contributed by atoms with Crippen molar-refractivity contribution >= 4 is 21.8 Å².